The van der Waals surface area contributed by atoms with E-state index < -0.39 is 0 Å². The molecule has 0 aliphatic carbocycles. The van der Waals surface area contributed by atoms with Crippen molar-refractivity contribution in [2.24, 2.45) is 0 Å². The van der Waals surface area contributed by atoms with E-state index in [1.807, 2.05) is 13.8 Å². The van der Waals surface area contributed by atoms with Gasteiger partial charge in [0.1, 0.15) is 0 Å². The highest BCUT2D eigenvalue weighted by molar-refractivity contribution is 5.96. The summed E-state index contributed by atoms with van der Waals surface area (Å²) in [6.07, 6.45) is -0.161. The average molecular weight is 252 g/mol. The molecule has 0 saturated carbocycles. The summed E-state index contributed by atoms with van der Waals surface area (Å²) in [5.74, 6) is -0.378. The summed E-state index contributed by atoms with van der Waals surface area (Å²) in [6.45, 7) is 4.79. The summed E-state index contributed by atoms with van der Waals surface area (Å²) in [7, 11) is 1.62. The van der Waals surface area contributed by atoms with Crippen molar-refractivity contribution in [2.75, 3.05) is 31.3 Å². The minimum atomic E-state index is -0.378. The molecular weight excluding hydrogens is 232 g/mol. The number of nitrogens with one attached hydrogen (secondary N) is 1. The Bertz CT molecular complexity index is 405. The highest BCUT2D eigenvalue weighted by atomic mass is 16.5. The number of ether oxygens (including phenoxy) is 2. The molecule has 0 amide bonds. The second-order valence-electron chi connectivity index (χ2n) is 4.18. The molecule has 0 saturated heterocycles. The summed E-state index contributed by atoms with van der Waals surface area (Å²) in [6, 6.07) is 5.11. The van der Waals surface area contributed by atoms with Gasteiger partial charge in [-0.1, -0.05) is 0 Å². The molecule has 0 unspecified atom stereocenters. The van der Waals surface area contributed by atoms with Gasteiger partial charge in [0, 0.05) is 25.0 Å². The molecule has 1 rings (SSSR count). The second kappa shape index (κ2) is 6.86. The first kappa shape index (κ1) is 14.3. The van der Waals surface area contributed by atoms with Gasteiger partial charge in [0.15, 0.2) is 0 Å². The van der Waals surface area contributed by atoms with E-state index in [9.17, 15) is 4.79 Å². The van der Waals surface area contributed by atoms with Crippen LogP contribution in [0.4, 0.5) is 11.4 Å². The van der Waals surface area contributed by atoms with Crippen LogP contribution in [0.2, 0.25) is 0 Å². The fourth-order valence-corrected chi connectivity index (χ4v) is 1.45. The number of esters is 1. The van der Waals surface area contributed by atoms with Gasteiger partial charge in [0.05, 0.1) is 18.3 Å². The number of carbonyl (C=O) groups is 1. The Morgan fingerprint density at radius 2 is 2.17 bits per heavy atom. The van der Waals surface area contributed by atoms with E-state index >= 15 is 0 Å². The number of methoxy groups -OCH3 is 1. The van der Waals surface area contributed by atoms with Crippen LogP contribution in [-0.2, 0) is 9.47 Å². The highest BCUT2D eigenvalue weighted by Gasteiger charge is 2.14. The van der Waals surface area contributed by atoms with E-state index in [4.69, 9.17) is 15.2 Å². The quantitative estimate of drug-likeness (QED) is 0.459. The molecule has 3 N–H and O–H groups in total. The Kier molecular flexibility index (Phi) is 5.45. The zero-order valence-corrected chi connectivity index (χ0v) is 11.0. The molecule has 0 radical (unpaired) electrons. The maximum absolute atomic E-state index is 11.9. The maximum atomic E-state index is 11.9. The minimum Gasteiger partial charge on any atom is -0.459 e. The van der Waals surface area contributed by atoms with Crippen LogP contribution in [0.3, 0.4) is 0 Å². The predicted molar refractivity (Wildman–Crippen MR) is 71.8 cm³/mol. The van der Waals surface area contributed by atoms with Crippen molar-refractivity contribution >= 4 is 17.3 Å². The second-order valence-corrected chi connectivity index (χ2v) is 4.18. The lowest BCUT2D eigenvalue weighted by Crippen LogP contribution is -2.16. The number of rotatable bonds is 6. The standard InChI is InChI=1S/C13H20N2O3/c1-9(2)18-13(16)11-8-10(14)4-5-12(11)15-6-7-17-3/h4-5,8-9,15H,6-7,14H2,1-3H3. The number of hydrogen-bond acceptors (Lipinski definition) is 5. The lowest BCUT2D eigenvalue weighted by Gasteiger charge is -2.13. The summed E-state index contributed by atoms with van der Waals surface area (Å²) in [5, 5.41) is 3.11. The third-order valence-corrected chi connectivity index (χ3v) is 2.23. The van der Waals surface area contributed by atoms with Crippen molar-refractivity contribution in [3.63, 3.8) is 0 Å². The molecule has 100 valence electrons. The third-order valence-electron chi connectivity index (χ3n) is 2.23. The average Bonchev–Trinajstić information content (AvgIpc) is 2.30. The summed E-state index contributed by atoms with van der Waals surface area (Å²) < 4.78 is 10.1. The molecule has 0 aromatic heterocycles. The van der Waals surface area contributed by atoms with Crippen LogP contribution >= 0.6 is 0 Å². The molecule has 0 spiro atoms. The van der Waals surface area contributed by atoms with Crippen LogP contribution in [0, 0.1) is 0 Å². The van der Waals surface area contributed by atoms with Crippen LogP contribution in [0.5, 0.6) is 0 Å². The lowest BCUT2D eigenvalue weighted by atomic mass is 10.1. The van der Waals surface area contributed by atoms with Crippen molar-refractivity contribution < 1.29 is 14.3 Å². The SMILES string of the molecule is COCCNc1ccc(N)cc1C(=O)OC(C)C. The van der Waals surface area contributed by atoms with Gasteiger partial charge in [0.25, 0.3) is 0 Å². The van der Waals surface area contributed by atoms with Crippen molar-refractivity contribution in [1.82, 2.24) is 0 Å². The van der Waals surface area contributed by atoms with Crippen molar-refractivity contribution in [3.8, 4) is 0 Å². The molecule has 1 aromatic rings. The number of benzene rings is 1. The number of hydrogen-bond donors (Lipinski definition) is 2. The first-order valence-electron chi connectivity index (χ1n) is 5.88. The predicted octanol–water partition coefficient (Wildman–Crippen LogP) is 1.89. The molecule has 1 aromatic carbocycles. The highest BCUT2D eigenvalue weighted by Crippen LogP contribution is 2.20. The van der Waals surface area contributed by atoms with Crippen LogP contribution in [0.25, 0.3) is 0 Å². The summed E-state index contributed by atoms with van der Waals surface area (Å²) >= 11 is 0. The molecule has 0 fully saturated rings. The van der Waals surface area contributed by atoms with Gasteiger partial charge in [-0.15, -0.1) is 0 Å². The Balaban J connectivity index is 2.85. The van der Waals surface area contributed by atoms with E-state index in [2.05, 4.69) is 5.32 Å². The van der Waals surface area contributed by atoms with Gasteiger partial charge in [-0.25, -0.2) is 4.79 Å². The number of carbonyl (C=O) groups excluding carboxylic acids is 1. The van der Waals surface area contributed by atoms with Gasteiger partial charge in [-0.05, 0) is 32.0 Å². The molecule has 0 atom stereocenters. The molecule has 0 aliphatic rings. The Labute approximate surface area is 107 Å². The summed E-state index contributed by atoms with van der Waals surface area (Å²) in [4.78, 5) is 11.9. The normalized spacial score (nSPS) is 10.4. The van der Waals surface area contributed by atoms with E-state index in [1.165, 1.54) is 0 Å². The maximum Gasteiger partial charge on any atom is 0.340 e. The van der Waals surface area contributed by atoms with E-state index in [-0.39, 0.29) is 12.1 Å². The van der Waals surface area contributed by atoms with E-state index in [0.717, 1.165) is 0 Å². The van der Waals surface area contributed by atoms with Gasteiger partial charge < -0.3 is 20.5 Å². The first-order chi connectivity index (χ1) is 8.54. The lowest BCUT2D eigenvalue weighted by molar-refractivity contribution is 0.0379. The summed E-state index contributed by atoms with van der Waals surface area (Å²) in [5.41, 5.74) is 7.37. The van der Waals surface area contributed by atoms with Gasteiger partial charge in [0.2, 0.25) is 0 Å². The van der Waals surface area contributed by atoms with E-state index in [0.29, 0.717) is 30.1 Å². The Morgan fingerprint density at radius 3 is 2.78 bits per heavy atom. The Morgan fingerprint density at radius 1 is 1.44 bits per heavy atom. The first-order valence-corrected chi connectivity index (χ1v) is 5.88. The molecule has 5 heteroatoms. The monoisotopic (exact) mass is 252 g/mol. The minimum absolute atomic E-state index is 0.161. The topological polar surface area (TPSA) is 73.6 Å². The number of nitrogens with two attached hydrogens (primary N) is 1. The Hall–Kier alpha value is -1.75. The van der Waals surface area contributed by atoms with Crippen molar-refractivity contribution in [3.05, 3.63) is 23.8 Å². The number of anilines is 2. The van der Waals surface area contributed by atoms with Crippen molar-refractivity contribution in [2.45, 2.75) is 20.0 Å². The fourth-order valence-electron chi connectivity index (χ4n) is 1.45. The molecule has 18 heavy (non-hydrogen) atoms. The van der Waals surface area contributed by atoms with Crippen LogP contribution < -0.4 is 11.1 Å². The van der Waals surface area contributed by atoms with Crippen LogP contribution in [0.1, 0.15) is 24.2 Å². The number of nitrogen functional groups attached to an aromatic ring is 1. The zero-order valence-electron chi connectivity index (χ0n) is 11.0. The molecular formula is C13H20N2O3. The zero-order chi connectivity index (χ0) is 13.5. The molecule has 0 aliphatic heterocycles. The molecule has 5 nitrogen and oxygen atoms in total. The third kappa shape index (κ3) is 4.25. The molecule has 0 bridgehead atoms. The van der Waals surface area contributed by atoms with Crippen LogP contribution in [-0.4, -0.2) is 32.3 Å². The fraction of sp³-hybridized carbons (Fsp3) is 0.462. The van der Waals surface area contributed by atoms with E-state index in [1.54, 1.807) is 25.3 Å². The van der Waals surface area contributed by atoms with Crippen LogP contribution in [0.15, 0.2) is 18.2 Å². The van der Waals surface area contributed by atoms with Gasteiger partial charge in [-0.2, -0.15) is 0 Å². The van der Waals surface area contributed by atoms with Gasteiger partial charge in [-0.3, -0.25) is 0 Å². The smallest absolute Gasteiger partial charge is 0.340 e. The van der Waals surface area contributed by atoms with Crippen molar-refractivity contribution in [1.29, 1.82) is 0 Å². The molecule has 0 heterocycles. The van der Waals surface area contributed by atoms with Gasteiger partial charge >= 0.3 is 5.97 Å². The largest absolute Gasteiger partial charge is 0.459 e.